The fraction of sp³-hybridized carbons (Fsp3) is 0.400. The minimum absolute atomic E-state index is 0.190. The average molecular weight is 661 g/mol. The largest absolute Gasteiger partial charge is 0.494 e. The van der Waals surface area contributed by atoms with Gasteiger partial charge in [-0.05, 0) is 43.2 Å². The second-order valence-electron chi connectivity index (χ2n) is 12.1. The highest BCUT2D eigenvalue weighted by Crippen LogP contribution is 2.41. The van der Waals surface area contributed by atoms with Crippen LogP contribution in [0.2, 0.25) is 0 Å². The van der Waals surface area contributed by atoms with Crippen molar-refractivity contribution in [3.05, 3.63) is 85.2 Å². The van der Waals surface area contributed by atoms with Gasteiger partial charge in [-0.25, -0.2) is 23.8 Å². The van der Waals surface area contributed by atoms with E-state index in [2.05, 4.69) is 48.5 Å². The molecule has 0 bridgehead atoms. The molecule has 0 spiro atoms. The number of hydrogen-bond donors (Lipinski definition) is 2. The summed E-state index contributed by atoms with van der Waals surface area (Å²) in [6.07, 6.45) is 7.06. The molecule has 0 radical (unpaired) electrons. The summed E-state index contributed by atoms with van der Waals surface area (Å²) in [4.78, 5) is 34.4. The van der Waals surface area contributed by atoms with E-state index in [1.165, 1.54) is 23.5 Å². The maximum absolute atomic E-state index is 14.7. The number of ether oxygens (including phenoxy) is 1. The zero-order chi connectivity index (χ0) is 33.6. The van der Waals surface area contributed by atoms with E-state index in [0.29, 0.717) is 47.8 Å². The van der Waals surface area contributed by atoms with Crippen molar-refractivity contribution in [3.8, 4) is 5.75 Å². The third kappa shape index (κ3) is 7.43. The molecule has 0 aliphatic carbocycles. The van der Waals surface area contributed by atoms with Gasteiger partial charge in [0.15, 0.2) is 5.82 Å². The van der Waals surface area contributed by atoms with E-state index in [1.54, 1.807) is 13.2 Å². The number of anilines is 5. The molecule has 3 aliphatic rings. The quantitative estimate of drug-likeness (QED) is 0.209. The Balaban J connectivity index is 1.20. The van der Waals surface area contributed by atoms with E-state index in [-0.39, 0.29) is 11.5 Å². The topological polar surface area (TPSA) is 98.3 Å². The van der Waals surface area contributed by atoms with Crippen molar-refractivity contribution in [3.63, 3.8) is 0 Å². The minimum atomic E-state index is -0.566. The van der Waals surface area contributed by atoms with Crippen molar-refractivity contribution in [1.29, 1.82) is 0 Å². The van der Waals surface area contributed by atoms with E-state index >= 15 is 0 Å². The summed E-state index contributed by atoms with van der Waals surface area (Å²) < 4.78 is 34.5. The Morgan fingerprint density at radius 3 is 2.54 bits per heavy atom. The number of aromatic nitrogens is 2. The third-order valence-corrected chi connectivity index (χ3v) is 9.24. The molecule has 1 aromatic heterocycles. The molecule has 13 heteroatoms. The molecule has 0 saturated carbocycles. The molecule has 3 saturated heterocycles. The molecule has 2 aromatic carbocycles. The molecular formula is C35H42F2N8O3. The molecule has 3 fully saturated rings. The van der Waals surface area contributed by atoms with Gasteiger partial charge in [-0.15, -0.1) is 6.58 Å². The maximum atomic E-state index is 14.7. The molecule has 6 rings (SSSR count). The Hall–Kier alpha value is -4.59. The number of piperidine rings is 1. The van der Waals surface area contributed by atoms with Crippen LogP contribution in [0.4, 0.5) is 37.5 Å². The summed E-state index contributed by atoms with van der Waals surface area (Å²) in [6.45, 7) is 14.7. The zero-order valence-electron chi connectivity index (χ0n) is 27.2. The SMILES string of the molecule is C=CCN1CCN(C2CCN(c3cc(OC)c(Nc4cc(N5OCC[C@@H]5c5cc(F)ccc5F)ncn4)cc3NC(=O)C=C)CC2)CC1. The first-order chi connectivity index (χ1) is 23.4. The number of hydrogen-bond acceptors (Lipinski definition) is 10. The lowest BCUT2D eigenvalue weighted by Crippen LogP contribution is -2.53. The van der Waals surface area contributed by atoms with Crippen LogP contribution < -0.4 is 25.3 Å². The second kappa shape index (κ2) is 15.1. The Morgan fingerprint density at radius 1 is 1.02 bits per heavy atom. The van der Waals surface area contributed by atoms with Crippen molar-refractivity contribution >= 4 is 34.6 Å². The minimum Gasteiger partial charge on any atom is -0.494 e. The fourth-order valence-corrected chi connectivity index (χ4v) is 6.77. The molecule has 3 aromatic rings. The van der Waals surface area contributed by atoms with Crippen molar-refractivity contribution in [2.75, 3.05) is 80.1 Å². The second-order valence-corrected chi connectivity index (χ2v) is 12.1. The number of piperazine rings is 1. The fourth-order valence-electron chi connectivity index (χ4n) is 6.77. The van der Waals surface area contributed by atoms with Crippen LogP contribution in [0.15, 0.2) is 68.0 Å². The Bertz CT molecular complexity index is 1630. The number of nitrogens with zero attached hydrogens (tertiary/aromatic N) is 6. The highest BCUT2D eigenvalue weighted by Gasteiger charge is 2.32. The summed E-state index contributed by atoms with van der Waals surface area (Å²) in [6, 6.07) is 8.74. The Morgan fingerprint density at radius 2 is 1.81 bits per heavy atom. The van der Waals surface area contributed by atoms with Crippen molar-refractivity contribution in [2.45, 2.75) is 31.3 Å². The van der Waals surface area contributed by atoms with Crippen LogP contribution in [0.5, 0.6) is 5.75 Å². The number of rotatable bonds is 11. The molecule has 3 aliphatic heterocycles. The first kappa shape index (κ1) is 33.3. The van der Waals surface area contributed by atoms with E-state index in [0.717, 1.165) is 76.5 Å². The van der Waals surface area contributed by atoms with Crippen molar-refractivity contribution in [2.24, 2.45) is 0 Å². The Labute approximate surface area is 279 Å². The monoisotopic (exact) mass is 660 g/mol. The van der Waals surface area contributed by atoms with Gasteiger partial charge in [-0.3, -0.25) is 19.4 Å². The molecule has 11 nitrogen and oxygen atoms in total. The molecule has 2 N–H and O–H groups in total. The molecule has 1 amide bonds. The smallest absolute Gasteiger partial charge is 0.247 e. The lowest BCUT2D eigenvalue weighted by atomic mass is 10.0. The van der Waals surface area contributed by atoms with E-state index in [9.17, 15) is 13.6 Å². The van der Waals surface area contributed by atoms with Crippen LogP contribution in [0.1, 0.15) is 30.9 Å². The van der Waals surface area contributed by atoms with E-state index < -0.39 is 17.7 Å². The number of benzene rings is 2. The first-order valence-electron chi connectivity index (χ1n) is 16.3. The number of methoxy groups -OCH3 is 1. The Kier molecular flexibility index (Phi) is 10.5. The first-order valence-corrected chi connectivity index (χ1v) is 16.3. The van der Waals surface area contributed by atoms with Crippen LogP contribution in [0, 0.1) is 11.6 Å². The van der Waals surface area contributed by atoms with Gasteiger partial charge < -0.3 is 20.3 Å². The van der Waals surface area contributed by atoms with Crippen molar-refractivity contribution < 1.29 is 23.1 Å². The number of nitrogens with one attached hydrogen (secondary N) is 2. The van der Waals surface area contributed by atoms with Crippen LogP contribution >= 0.6 is 0 Å². The predicted octanol–water partition coefficient (Wildman–Crippen LogP) is 5.29. The lowest BCUT2D eigenvalue weighted by molar-refractivity contribution is -0.111. The van der Waals surface area contributed by atoms with Crippen molar-refractivity contribution in [1.82, 2.24) is 19.8 Å². The van der Waals surface area contributed by atoms with Crippen LogP contribution in [-0.2, 0) is 9.63 Å². The highest BCUT2D eigenvalue weighted by atomic mass is 19.1. The summed E-state index contributed by atoms with van der Waals surface area (Å²) in [7, 11) is 1.59. The number of carbonyl (C=O) groups is 1. The van der Waals surface area contributed by atoms with Gasteiger partial charge in [0, 0.05) is 76.0 Å². The van der Waals surface area contributed by atoms with Crippen LogP contribution in [-0.4, -0.2) is 91.2 Å². The molecule has 4 heterocycles. The van der Waals surface area contributed by atoms with Gasteiger partial charge in [0.1, 0.15) is 29.5 Å². The molecule has 1 atom stereocenters. The van der Waals surface area contributed by atoms with Gasteiger partial charge in [-0.1, -0.05) is 12.7 Å². The summed E-state index contributed by atoms with van der Waals surface area (Å²) >= 11 is 0. The number of halogens is 2. The predicted molar refractivity (Wildman–Crippen MR) is 183 cm³/mol. The van der Waals surface area contributed by atoms with E-state index in [1.807, 2.05) is 18.2 Å². The molecule has 0 unspecified atom stereocenters. The van der Waals surface area contributed by atoms with Crippen LogP contribution in [0.25, 0.3) is 0 Å². The molecule has 48 heavy (non-hydrogen) atoms. The third-order valence-electron chi connectivity index (χ3n) is 9.24. The van der Waals surface area contributed by atoms with Gasteiger partial charge in [0.2, 0.25) is 5.91 Å². The van der Waals surface area contributed by atoms with E-state index in [4.69, 9.17) is 9.57 Å². The van der Waals surface area contributed by atoms with Gasteiger partial charge in [-0.2, -0.15) is 0 Å². The summed E-state index contributed by atoms with van der Waals surface area (Å²) in [5, 5.41) is 7.73. The van der Waals surface area contributed by atoms with Gasteiger partial charge in [0.25, 0.3) is 0 Å². The lowest BCUT2D eigenvalue weighted by Gasteiger charge is -2.43. The number of amides is 1. The maximum Gasteiger partial charge on any atom is 0.247 e. The number of carbonyl (C=O) groups excluding carboxylic acids is 1. The summed E-state index contributed by atoms with van der Waals surface area (Å²) in [5.41, 5.74) is 2.22. The zero-order valence-corrected chi connectivity index (χ0v) is 27.2. The molecular weight excluding hydrogens is 618 g/mol. The average Bonchev–Trinajstić information content (AvgIpc) is 3.60. The summed E-state index contributed by atoms with van der Waals surface area (Å²) in [5.74, 6) is -0.0327. The normalized spacial score (nSPS) is 19.3. The van der Waals surface area contributed by atoms with Gasteiger partial charge >= 0.3 is 0 Å². The van der Waals surface area contributed by atoms with Crippen LogP contribution in [0.3, 0.4) is 0 Å². The standard InChI is InChI=1S/C35H42F2N8O3/c1-4-11-42-14-16-43(17-15-42)25-8-12-44(13-9-25)31-21-32(47-3)29(20-28(31)41-35(46)5-2)40-33-22-34(39-23-38-33)45-30(10-18-48-45)26-19-24(36)6-7-27(26)37/h4-7,19-23,25,30H,1-2,8-18H2,3H3,(H,41,46)(H,38,39,40)/t30-/m1/s1. The highest BCUT2D eigenvalue weighted by molar-refractivity contribution is 6.02. The van der Waals surface area contributed by atoms with Gasteiger partial charge in [0.05, 0.1) is 36.8 Å². The number of hydroxylamine groups is 1. The molecule has 254 valence electrons.